The van der Waals surface area contributed by atoms with E-state index in [0.29, 0.717) is 24.8 Å². The van der Waals surface area contributed by atoms with Crippen LogP contribution in [0, 0.1) is 17.8 Å². The van der Waals surface area contributed by atoms with Crippen LogP contribution in [-0.4, -0.2) is 36.0 Å². The lowest BCUT2D eigenvalue weighted by Crippen LogP contribution is -2.34. The van der Waals surface area contributed by atoms with E-state index >= 15 is 0 Å². The van der Waals surface area contributed by atoms with Gasteiger partial charge in [0.15, 0.2) is 0 Å². The largest absolute Gasteiger partial charge is 0.481 e. The van der Waals surface area contributed by atoms with Crippen LogP contribution in [0.1, 0.15) is 66.7 Å². The number of carboxylic acids is 1. The van der Waals surface area contributed by atoms with Crippen molar-refractivity contribution in [3.8, 4) is 0 Å². The lowest BCUT2D eigenvalue weighted by atomic mass is 9.89. The van der Waals surface area contributed by atoms with Crippen molar-refractivity contribution in [1.82, 2.24) is 5.32 Å². The Labute approximate surface area is 150 Å². The van der Waals surface area contributed by atoms with Crippen molar-refractivity contribution in [2.75, 3.05) is 6.54 Å². The van der Waals surface area contributed by atoms with Crippen LogP contribution in [0.4, 0.5) is 4.79 Å². The monoisotopic (exact) mass is 359 g/mol. The number of esters is 1. The zero-order chi connectivity index (χ0) is 19.4. The van der Waals surface area contributed by atoms with Crippen molar-refractivity contribution in [1.29, 1.82) is 0 Å². The predicted molar refractivity (Wildman–Crippen MR) is 93.9 cm³/mol. The summed E-state index contributed by atoms with van der Waals surface area (Å²) in [6.45, 7) is 9.52. The first kappa shape index (κ1) is 23.2. The molecule has 7 heteroatoms. The Kier molecular flexibility index (Phi) is 11.7. The summed E-state index contributed by atoms with van der Waals surface area (Å²) in [5.74, 6) is -0.575. The number of hydrogen-bond acceptors (Lipinski definition) is 5. The molecule has 0 spiro atoms. The summed E-state index contributed by atoms with van der Waals surface area (Å²) in [6.07, 6.45) is 1.87. The van der Waals surface area contributed by atoms with E-state index < -0.39 is 24.3 Å². The van der Waals surface area contributed by atoms with E-state index in [1.54, 1.807) is 13.8 Å². The number of carbonyl (C=O) groups excluding carboxylic acids is 2. The molecule has 0 aromatic carbocycles. The number of rotatable bonds is 12. The minimum absolute atomic E-state index is 0.138. The molecule has 0 aromatic heterocycles. The van der Waals surface area contributed by atoms with Gasteiger partial charge in [-0.2, -0.15) is 0 Å². The van der Waals surface area contributed by atoms with Gasteiger partial charge in [-0.05, 0) is 37.5 Å². The highest BCUT2D eigenvalue weighted by Crippen LogP contribution is 2.22. The Morgan fingerprint density at radius 3 is 2.16 bits per heavy atom. The molecule has 0 saturated heterocycles. The van der Waals surface area contributed by atoms with Gasteiger partial charge in [0.05, 0.1) is 0 Å². The van der Waals surface area contributed by atoms with Crippen molar-refractivity contribution < 1.29 is 29.0 Å². The maximum Gasteiger partial charge on any atom is 0.410 e. The average Bonchev–Trinajstić information content (AvgIpc) is 2.47. The number of hydrogen-bond donors (Lipinski definition) is 2. The molecule has 1 amide bonds. The highest BCUT2D eigenvalue weighted by atomic mass is 16.7. The Bertz CT molecular complexity index is 422. The topological polar surface area (TPSA) is 102 Å². The summed E-state index contributed by atoms with van der Waals surface area (Å²) in [7, 11) is 0. The third-order valence-electron chi connectivity index (χ3n) is 3.68. The lowest BCUT2D eigenvalue weighted by Gasteiger charge is -2.21. The molecule has 0 rings (SSSR count). The molecule has 0 radical (unpaired) electrons. The Morgan fingerprint density at radius 2 is 1.68 bits per heavy atom. The van der Waals surface area contributed by atoms with E-state index in [1.165, 1.54) is 6.92 Å². The first-order valence-corrected chi connectivity index (χ1v) is 8.95. The fourth-order valence-electron chi connectivity index (χ4n) is 2.56. The zero-order valence-corrected chi connectivity index (χ0v) is 16.0. The average molecular weight is 359 g/mol. The fraction of sp³-hybridized carbons (Fsp3) is 0.833. The van der Waals surface area contributed by atoms with Crippen molar-refractivity contribution in [2.24, 2.45) is 17.8 Å². The maximum atomic E-state index is 11.8. The molecular formula is C18H33NO6. The molecule has 0 aliphatic heterocycles. The molecule has 0 fully saturated rings. The minimum Gasteiger partial charge on any atom is -0.481 e. The zero-order valence-electron chi connectivity index (χ0n) is 16.0. The summed E-state index contributed by atoms with van der Waals surface area (Å²) in [5, 5.41) is 11.5. The standard InChI is InChI=1S/C18H33NO6/c1-12(2)11-15(8-9-16(21)22)7-6-10-19-18(23)25-17(13(3)4)24-14(5)20/h12-13,15,17H,6-11H2,1-5H3,(H,19,23)(H,21,22)/t15-,17+/m0/s1. The van der Waals surface area contributed by atoms with E-state index in [-0.39, 0.29) is 12.3 Å². The number of alkyl carbamates (subject to hydrolysis) is 1. The lowest BCUT2D eigenvalue weighted by molar-refractivity contribution is -0.172. The molecule has 2 atom stereocenters. The molecular weight excluding hydrogens is 326 g/mol. The van der Waals surface area contributed by atoms with Gasteiger partial charge in [-0.15, -0.1) is 0 Å². The van der Waals surface area contributed by atoms with Crippen LogP contribution in [0.3, 0.4) is 0 Å². The highest BCUT2D eigenvalue weighted by molar-refractivity contribution is 5.68. The Morgan fingerprint density at radius 1 is 1.04 bits per heavy atom. The predicted octanol–water partition coefficient (Wildman–Crippen LogP) is 3.57. The number of aliphatic carboxylic acids is 1. The van der Waals surface area contributed by atoms with Crippen LogP contribution in [-0.2, 0) is 19.1 Å². The molecule has 0 aliphatic rings. The molecule has 146 valence electrons. The van der Waals surface area contributed by atoms with E-state index in [0.717, 1.165) is 19.3 Å². The third kappa shape index (κ3) is 13.2. The number of nitrogens with one attached hydrogen (secondary N) is 1. The molecule has 0 heterocycles. The molecule has 0 aromatic rings. The normalized spacial score (nSPS) is 13.4. The van der Waals surface area contributed by atoms with Crippen molar-refractivity contribution >= 4 is 18.0 Å². The summed E-state index contributed by atoms with van der Waals surface area (Å²) in [6, 6.07) is 0. The second-order valence-electron chi connectivity index (χ2n) is 7.12. The SMILES string of the molecule is CC(=O)O[C@H](OC(=O)NCCC[C@@H](CCC(=O)O)CC(C)C)C(C)C. The van der Waals surface area contributed by atoms with Gasteiger partial charge in [0.2, 0.25) is 0 Å². The van der Waals surface area contributed by atoms with Crippen LogP contribution in [0.25, 0.3) is 0 Å². The minimum atomic E-state index is -0.901. The Hall–Kier alpha value is -1.79. The number of amides is 1. The Balaban J connectivity index is 4.17. The first-order valence-electron chi connectivity index (χ1n) is 8.95. The van der Waals surface area contributed by atoms with Gasteiger partial charge >= 0.3 is 18.0 Å². The summed E-state index contributed by atoms with van der Waals surface area (Å²) in [5.41, 5.74) is 0. The first-order chi connectivity index (χ1) is 11.6. The van der Waals surface area contributed by atoms with Crippen LogP contribution in [0.15, 0.2) is 0 Å². The van der Waals surface area contributed by atoms with Gasteiger partial charge in [-0.1, -0.05) is 27.7 Å². The van der Waals surface area contributed by atoms with Gasteiger partial charge in [0, 0.05) is 25.8 Å². The number of carboxylic acid groups (broad SMARTS) is 1. The van der Waals surface area contributed by atoms with Gasteiger partial charge in [-0.25, -0.2) is 4.79 Å². The number of carbonyl (C=O) groups is 3. The summed E-state index contributed by atoms with van der Waals surface area (Å²) in [4.78, 5) is 33.5. The third-order valence-corrected chi connectivity index (χ3v) is 3.68. The highest BCUT2D eigenvalue weighted by Gasteiger charge is 2.21. The molecule has 0 bridgehead atoms. The molecule has 0 aliphatic carbocycles. The molecule has 7 nitrogen and oxygen atoms in total. The van der Waals surface area contributed by atoms with Crippen molar-refractivity contribution in [2.45, 2.75) is 73.0 Å². The molecule has 0 unspecified atom stereocenters. The van der Waals surface area contributed by atoms with Gasteiger partial charge in [0.1, 0.15) is 0 Å². The van der Waals surface area contributed by atoms with Crippen LogP contribution >= 0.6 is 0 Å². The van der Waals surface area contributed by atoms with Crippen molar-refractivity contribution in [3.05, 3.63) is 0 Å². The van der Waals surface area contributed by atoms with E-state index in [9.17, 15) is 14.4 Å². The maximum absolute atomic E-state index is 11.8. The van der Waals surface area contributed by atoms with Gasteiger partial charge in [0.25, 0.3) is 6.29 Å². The molecule has 0 saturated carbocycles. The second-order valence-corrected chi connectivity index (χ2v) is 7.12. The quantitative estimate of drug-likeness (QED) is 0.314. The van der Waals surface area contributed by atoms with Crippen LogP contribution in [0.2, 0.25) is 0 Å². The second kappa shape index (κ2) is 12.6. The molecule has 25 heavy (non-hydrogen) atoms. The summed E-state index contributed by atoms with van der Waals surface area (Å²) >= 11 is 0. The van der Waals surface area contributed by atoms with E-state index in [1.807, 2.05) is 0 Å². The smallest absolute Gasteiger partial charge is 0.410 e. The molecule has 2 N–H and O–H groups in total. The fourth-order valence-corrected chi connectivity index (χ4v) is 2.56. The number of ether oxygens (including phenoxy) is 2. The van der Waals surface area contributed by atoms with E-state index in [4.69, 9.17) is 14.6 Å². The van der Waals surface area contributed by atoms with Gasteiger partial charge < -0.3 is 19.9 Å². The van der Waals surface area contributed by atoms with Crippen LogP contribution < -0.4 is 5.32 Å². The van der Waals surface area contributed by atoms with Crippen molar-refractivity contribution in [3.63, 3.8) is 0 Å². The van der Waals surface area contributed by atoms with Crippen LogP contribution in [0.5, 0.6) is 0 Å². The van der Waals surface area contributed by atoms with E-state index in [2.05, 4.69) is 19.2 Å². The summed E-state index contributed by atoms with van der Waals surface area (Å²) < 4.78 is 10.0. The van der Waals surface area contributed by atoms with Gasteiger partial charge in [-0.3, -0.25) is 9.59 Å².